The number of amides is 1. The zero-order valence-electron chi connectivity index (χ0n) is 13.0. The number of thioether (sulfide) groups is 1. The third-order valence-electron chi connectivity index (χ3n) is 3.65. The van der Waals surface area contributed by atoms with Crippen LogP contribution in [0.5, 0.6) is 5.75 Å². The van der Waals surface area contributed by atoms with Crippen molar-refractivity contribution in [3.63, 3.8) is 0 Å². The second-order valence-corrected chi connectivity index (χ2v) is 6.43. The summed E-state index contributed by atoms with van der Waals surface area (Å²) >= 11 is 0.508. The maximum atomic E-state index is 12.6. The lowest BCUT2D eigenvalue weighted by molar-refractivity contribution is -0.105. The van der Waals surface area contributed by atoms with Gasteiger partial charge in [0, 0.05) is 18.2 Å². The van der Waals surface area contributed by atoms with Crippen LogP contribution < -0.4 is 10.1 Å². The number of rotatable bonds is 4. The highest BCUT2D eigenvalue weighted by atomic mass is 32.2. The number of fused-ring (bicyclic) bond motifs is 1. The fourth-order valence-electron chi connectivity index (χ4n) is 2.56. The summed E-state index contributed by atoms with van der Waals surface area (Å²) in [6, 6.07) is 10.1. The van der Waals surface area contributed by atoms with Gasteiger partial charge in [-0.25, -0.2) is 4.98 Å². The number of nitrogens with one attached hydrogen (secondary N) is 1. The van der Waals surface area contributed by atoms with Crippen molar-refractivity contribution < 1.29 is 22.7 Å². The van der Waals surface area contributed by atoms with E-state index in [1.54, 1.807) is 0 Å². The lowest BCUT2D eigenvalue weighted by Crippen LogP contribution is -2.32. The van der Waals surface area contributed by atoms with Gasteiger partial charge < -0.3 is 10.1 Å². The zero-order valence-corrected chi connectivity index (χ0v) is 13.9. The number of nitrogens with zero attached hydrogens (tertiary/aromatic N) is 1. The molecule has 3 rings (SSSR count). The highest BCUT2D eigenvalue weighted by molar-refractivity contribution is 7.99. The molecule has 25 heavy (non-hydrogen) atoms. The summed E-state index contributed by atoms with van der Waals surface area (Å²) in [7, 11) is 0. The molecule has 1 amide bonds. The minimum Gasteiger partial charge on any atom is -0.493 e. The lowest BCUT2D eigenvalue weighted by atomic mass is 10.0. The number of ether oxygens (including phenoxy) is 1. The first-order valence-electron chi connectivity index (χ1n) is 7.61. The monoisotopic (exact) mass is 368 g/mol. The van der Waals surface area contributed by atoms with Gasteiger partial charge in [0.2, 0.25) is 0 Å². The van der Waals surface area contributed by atoms with Crippen LogP contribution in [0.15, 0.2) is 47.6 Å². The molecule has 1 aliphatic heterocycles. The average Bonchev–Trinajstić information content (AvgIpc) is 2.60. The summed E-state index contributed by atoms with van der Waals surface area (Å²) in [5.41, 5.74) is 0.996. The first-order chi connectivity index (χ1) is 11.9. The van der Waals surface area contributed by atoms with E-state index in [1.807, 2.05) is 24.3 Å². The predicted octanol–water partition coefficient (Wildman–Crippen LogP) is 3.99. The van der Waals surface area contributed by atoms with Crippen LogP contribution in [0.2, 0.25) is 0 Å². The number of para-hydroxylation sites is 1. The molecule has 0 saturated carbocycles. The molecule has 2 heterocycles. The number of alkyl halides is 3. The molecule has 0 aliphatic carbocycles. The molecule has 8 heteroatoms. The van der Waals surface area contributed by atoms with Gasteiger partial charge in [0.15, 0.2) is 0 Å². The second-order valence-electron chi connectivity index (χ2n) is 5.46. The Balaban J connectivity index is 1.76. The maximum absolute atomic E-state index is 12.6. The van der Waals surface area contributed by atoms with Crippen molar-refractivity contribution in [1.29, 1.82) is 0 Å². The summed E-state index contributed by atoms with van der Waals surface area (Å²) in [6.45, 7) is 0.463. The molecule has 0 bridgehead atoms. The van der Waals surface area contributed by atoms with E-state index in [-0.39, 0.29) is 16.6 Å². The highest BCUT2D eigenvalue weighted by Gasteiger charge is 2.29. The van der Waals surface area contributed by atoms with Gasteiger partial charge in [0.25, 0.3) is 5.91 Å². The number of hydrogen-bond donors (Lipinski definition) is 1. The van der Waals surface area contributed by atoms with Crippen molar-refractivity contribution in [3.05, 3.63) is 53.7 Å². The fraction of sp³-hybridized carbons (Fsp3) is 0.294. The van der Waals surface area contributed by atoms with Crippen LogP contribution in [0.1, 0.15) is 28.4 Å². The molecule has 1 aromatic carbocycles. The van der Waals surface area contributed by atoms with Gasteiger partial charge in [0.05, 0.1) is 24.0 Å². The normalized spacial score (nSPS) is 16.7. The highest BCUT2D eigenvalue weighted by Crippen LogP contribution is 2.32. The Kier molecular flexibility index (Phi) is 5.17. The fourth-order valence-corrected chi connectivity index (χ4v) is 3.31. The van der Waals surface area contributed by atoms with Crippen molar-refractivity contribution >= 4 is 17.7 Å². The second kappa shape index (κ2) is 7.35. The molecule has 1 aliphatic rings. The van der Waals surface area contributed by atoms with Crippen molar-refractivity contribution in [2.24, 2.45) is 0 Å². The predicted molar refractivity (Wildman–Crippen MR) is 87.8 cm³/mol. The summed E-state index contributed by atoms with van der Waals surface area (Å²) in [6.07, 6.45) is -2.36. The first kappa shape index (κ1) is 17.6. The topological polar surface area (TPSA) is 51.2 Å². The molecule has 132 valence electrons. The number of carbonyl (C=O) groups is 1. The molecule has 0 radical (unpaired) electrons. The van der Waals surface area contributed by atoms with Crippen molar-refractivity contribution in [2.45, 2.75) is 23.7 Å². The van der Waals surface area contributed by atoms with Crippen molar-refractivity contribution in [2.75, 3.05) is 12.4 Å². The van der Waals surface area contributed by atoms with Gasteiger partial charge in [-0.15, -0.1) is 0 Å². The van der Waals surface area contributed by atoms with Crippen LogP contribution >= 0.6 is 11.8 Å². The lowest BCUT2D eigenvalue weighted by Gasteiger charge is -2.26. The molecule has 0 unspecified atom stereocenters. The first-order valence-corrected chi connectivity index (χ1v) is 8.60. The molecular weight excluding hydrogens is 353 g/mol. The van der Waals surface area contributed by atoms with Gasteiger partial charge >= 0.3 is 6.18 Å². The van der Waals surface area contributed by atoms with E-state index in [0.29, 0.717) is 30.5 Å². The van der Waals surface area contributed by atoms with E-state index in [2.05, 4.69) is 10.3 Å². The third-order valence-corrected chi connectivity index (χ3v) is 4.72. The standard InChI is InChI=1S/C17H15F3N2O2S/c18-17(19,20)10-25-16-12(5-3-8-21-16)15(23)22-13-7-9-24-14-6-2-1-4-11(13)14/h1-6,8,13H,7,9-10H2,(H,22,23)/t13-/m1/s1. The quantitative estimate of drug-likeness (QED) is 0.829. The van der Waals surface area contributed by atoms with E-state index in [0.717, 1.165) is 5.56 Å². The van der Waals surface area contributed by atoms with Crippen molar-refractivity contribution in [3.8, 4) is 5.75 Å². The van der Waals surface area contributed by atoms with Gasteiger partial charge in [-0.1, -0.05) is 30.0 Å². The van der Waals surface area contributed by atoms with Crippen LogP contribution in [0.3, 0.4) is 0 Å². The van der Waals surface area contributed by atoms with Gasteiger partial charge in [0.1, 0.15) is 10.8 Å². The largest absolute Gasteiger partial charge is 0.493 e. The van der Waals surface area contributed by atoms with Crippen LogP contribution in [0, 0.1) is 0 Å². The van der Waals surface area contributed by atoms with Crippen LogP contribution in [-0.2, 0) is 0 Å². The average molecular weight is 368 g/mol. The van der Waals surface area contributed by atoms with Gasteiger partial charge in [-0.2, -0.15) is 13.2 Å². The maximum Gasteiger partial charge on any atom is 0.398 e. The molecule has 0 fully saturated rings. The molecule has 1 N–H and O–H groups in total. The molecule has 4 nitrogen and oxygen atoms in total. The van der Waals surface area contributed by atoms with E-state index in [1.165, 1.54) is 18.3 Å². The molecule has 0 spiro atoms. The van der Waals surface area contributed by atoms with E-state index < -0.39 is 17.8 Å². The molecular formula is C17H15F3N2O2S. The number of benzene rings is 1. The Morgan fingerprint density at radius 2 is 2.08 bits per heavy atom. The SMILES string of the molecule is O=C(N[C@@H]1CCOc2ccccc21)c1cccnc1SCC(F)(F)F. The number of carbonyl (C=O) groups excluding carboxylic acids is 1. The van der Waals surface area contributed by atoms with Crippen LogP contribution in [0.25, 0.3) is 0 Å². The van der Waals surface area contributed by atoms with Gasteiger partial charge in [-0.05, 0) is 18.2 Å². The Morgan fingerprint density at radius 1 is 1.28 bits per heavy atom. The van der Waals surface area contributed by atoms with Gasteiger partial charge in [-0.3, -0.25) is 4.79 Å². The van der Waals surface area contributed by atoms with E-state index in [9.17, 15) is 18.0 Å². The summed E-state index contributed by atoms with van der Waals surface area (Å²) in [5.74, 6) is -0.832. The number of halogens is 3. The number of hydrogen-bond acceptors (Lipinski definition) is 4. The summed E-state index contributed by atoms with van der Waals surface area (Å²) in [5, 5.41) is 2.94. The summed E-state index contributed by atoms with van der Waals surface area (Å²) < 4.78 is 42.9. The minimum atomic E-state index is -4.32. The number of aromatic nitrogens is 1. The summed E-state index contributed by atoms with van der Waals surface area (Å²) in [4.78, 5) is 16.5. The Morgan fingerprint density at radius 3 is 2.88 bits per heavy atom. The number of pyridine rings is 1. The van der Waals surface area contributed by atoms with E-state index in [4.69, 9.17) is 4.74 Å². The van der Waals surface area contributed by atoms with E-state index >= 15 is 0 Å². The Labute approximate surface area is 146 Å². The molecule has 0 saturated heterocycles. The third kappa shape index (κ3) is 4.45. The molecule has 2 aromatic rings. The van der Waals surface area contributed by atoms with Crippen molar-refractivity contribution in [1.82, 2.24) is 10.3 Å². The molecule has 1 aromatic heterocycles. The Bertz CT molecular complexity index is 768. The smallest absolute Gasteiger partial charge is 0.398 e. The Hall–Kier alpha value is -2.22. The molecule has 1 atom stereocenters. The van der Waals surface area contributed by atoms with Crippen LogP contribution in [0.4, 0.5) is 13.2 Å². The minimum absolute atomic E-state index is 0.0673. The van der Waals surface area contributed by atoms with Crippen LogP contribution in [-0.4, -0.2) is 29.4 Å². The zero-order chi connectivity index (χ0) is 17.9.